The van der Waals surface area contributed by atoms with Gasteiger partial charge in [0.1, 0.15) is 5.75 Å². The van der Waals surface area contributed by atoms with Crippen LogP contribution in [0.15, 0.2) is 48.5 Å². The number of rotatable bonds is 7. The summed E-state index contributed by atoms with van der Waals surface area (Å²) in [6.45, 7) is 3.31. The average Bonchev–Trinajstić information content (AvgIpc) is 2.98. The number of hydrogen-bond donors (Lipinski definition) is 2. The van der Waals surface area contributed by atoms with Gasteiger partial charge in [0.25, 0.3) is 0 Å². The molecule has 0 radical (unpaired) electrons. The molecule has 0 aliphatic carbocycles. The van der Waals surface area contributed by atoms with Crippen molar-refractivity contribution in [3.05, 3.63) is 65.2 Å². The Morgan fingerprint density at radius 1 is 1.25 bits per heavy atom. The smallest absolute Gasteiger partial charge is 0.234 e. The van der Waals surface area contributed by atoms with Gasteiger partial charge < -0.3 is 15.8 Å². The van der Waals surface area contributed by atoms with Crippen LogP contribution < -0.4 is 15.8 Å². The maximum absolute atomic E-state index is 11.3. The fourth-order valence-corrected chi connectivity index (χ4v) is 3.19. The van der Waals surface area contributed by atoms with Gasteiger partial charge in [0.15, 0.2) is 0 Å². The first-order chi connectivity index (χ1) is 11.7. The molecule has 1 amide bonds. The Morgan fingerprint density at radius 3 is 2.75 bits per heavy atom. The molecule has 3 N–H and O–H groups in total. The van der Waals surface area contributed by atoms with Crippen molar-refractivity contribution < 1.29 is 9.53 Å². The molecular weight excluding hydrogens is 300 g/mol. The van der Waals surface area contributed by atoms with E-state index >= 15 is 0 Å². The number of hydrogen-bond acceptors (Lipinski definition) is 3. The van der Waals surface area contributed by atoms with Gasteiger partial charge in [-0.3, -0.25) is 4.79 Å². The van der Waals surface area contributed by atoms with Crippen molar-refractivity contribution in [3.8, 4) is 5.75 Å². The molecule has 2 aromatic carbocycles. The number of ether oxygens (including phenoxy) is 1. The standard InChI is InChI=1S/C20H24N2O2/c1-2-18(20(21)23)22-12-15-8-9-19-17(11-15)16(13-24-19)10-14-6-4-3-5-7-14/h3-9,11,16,18,22H,2,10,12-13H2,1H3,(H2,21,23). The number of benzene rings is 2. The van der Waals surface area contributed by atoms with Crippen molar-refractivity contribution >= 4 is 5.91 Å². The molecule has 2 unspecified atom stereocenters. The van der Waals surface area contributed by atoms with E-state index in [0.717, 1.165) is 24.3 Å². The van der Waals surface area contributed by atoms with E-state index in [9.17, 15) is 4.79 Å². The average molecular weight is 324 g/mol. The van der Waals surface area contributed by atoms with Crippen LogP contribution in [0.5, 0.6) is 5.75 Å². The van der Waals surface area contributed by atoms with E-state index in [0.29, 0.717) is 18.9 Å². The van der Waals surface area contributed by atoms with Gasteiger partial charge in [-0.15, -0.1) is 0 Å². The lowest BCUT2D eigenvalue weighted by molar-refractivity contribution is -0.120. The number of fused-ring (bicyclic) bond motifs is 1. The van der Waals surface area contributed by atoms with Crippen molar-refractivity contribution in [1.82, 2.24) is 5.32 Å². The molecule has 0 bridgehead atoms. The molecule has 0 saturated carbocycles. The topological polar surface area (TPSA) is 64.3 Å². The number of carbonyl (C=O) groups is 1. The lowest BCUT2D eigenvalue weighted by Crippen LogP contribution is -2.40. The Balaban J connectivity index is 1.70. The highest BCUT2D eigenvalue weighted by molar-refractivity contribution is 5.79. The van der Waals surface area contributed by atoms with Crippen LogP contribution in [0.25, 0.3) is 0 Å². The molecule has 0 fully saturated rings. The Labute approximate surface area is 143 Å². The number of amides is 1. The second kappa shape index (κ2) is 7.49. The summed E-state index contributed by atoms with van der Waals surface area (Å²) in [5.74, 6) is 1.05. The van der Waals surface area contributed by atoms with Gasteiger partial charge in [-0.05, 0) is 30.0 Å². The van der Waals surface area contributed by atoms with Gasteiger partial charge >= 0.3 is 0 Å². The van der Waals surface area contributed by atoms with Gasteiger partial charge in [0, 0.05) is 18.0 Å². The predicted octanol–water partition coefficient (Wildman–Crippen LogP) is 2.76. The first-order valence-corrected chi connectivity index (χ1v) is 8.49. The summed E-state index contributed by atoms with van der Waals surface area (Å²) < 4.78 is 5.83. The van der Waals surface area contributed by atoms with Crippen LogP contribution in [-0.2, 0) is 17.8 Å². The Hall–Kier alpha value is -2.33. The zero-order valence-corrected chi connectivity index (χ0v) is 14.0. The largest absolute Gasteiger partial charge is 0.493 e. The molecule has 1 aliphatic rings. The molecule has 126 valence electrons. The van der Waals surface area contributed by atoms with E-state index in [1.165, 1.54) is 11.1 Å². The minimum absolute atomic E-state index is 0.283. The summed E-state index contributed by atoms with van der Waals surface area (Å²) in [5, 5.41) is 3.23. The summed E-state index contributed by atoms with van der Waals surface area (Å²) >= 11 is 0. The second-order valence-corrected chi connectivity index (χ2v) is 6.31. The van der Waals surface area contributed by atoms with Crippen LogP contribution in [0.1, 0.15) is 36.0 Å². The van der Waals surface area contributed by atoms with Crippen LogP contribution in [-0.4, -0.2) is 18.6 Å². The van der Waals surface area contributed by atoms with Crippen molar-refractivity contribution in [1.29, 1.82) is 0 Å². The molecule has 0 saturated heterocycles. The van der Waals surface area contributed by atoms with Crippen LogP contribution in [0.4, 0.5) is 0 Å². The molecule has 1 aliphatic heterocycles. The summed E-state index contributed by atoms with van der Waals surface area (Å²) in [6.07, 6.45) is 1.67. The number of nitrogens with two attached hydrogens (primary N) is 1. The highest BCUT2D eigenvalue weighted by Gasteiger charge is 2.24. The van der Waals surface area contributed by atoms with E-state index in [-0.39, 0.29) is 11.9 Å². The highest BCUT2D eigenvalue weighted by atomic mass is 16.5. The van der Waals surface area contributed by atoms with Crippen LogP contribution >= 0.6 is 0 Å². The van der Waals surface area contributed by atoms with E-state index in [4.69, 9.17) is 10.5 Å². The van der Waals surface area contributed by atoms with E-state index < -0.39 is 0 Å². The van der Waals surface area contributed by atoms with Crippen molar-refractivity contribution in [3.63, 3.8) is 0 Å². The van der Waals surface area contributed by atoms with Gasteiger partial charge in [-0.2, -0.15) is 0 Å². The summed E-state index contributed by atoms with van der Waals surface area (Å²) in [6, 6.07) is 16.5. The Bertz CT molecular complexity index is 700. The lowest BCUT2D eigenvalue weighted by atomic mass is 9.92. The highest BCUT2D eigenvalue weighted by Crippen LogP contribution is 2.36. The van der Waals surface area contributed by atoms with Crippen LogP contribution in [0.2, 0.25) is 0 Å². The quantitative estimate of drug-likeness (QED) is 0.823. The number of carbonyl (C=O) groups excluding carboxylic acids is 1. The maximum atomic E-state index is 11.3. The molecule has 0 spiro atoms. The van der Waals surface area contributed by atoms with Crippen molar-refractivity contribution in [2.24, 2.45) is 5.73 Å². The second-order valence-electron chi connectivity index (χ2n) is 6.31. The van der Waals surface area contributed by atoms with E-state index in [2.05, 4.69) is 35.6 Å². The lowest BCUT2D eigenvalue weighted by Gasteiger charge is -2.14. The molecule has 3 rings (SSSR count). The number of primary amides is 1. The number of nitrogens with one attached hydrogen (secondary N) is 1. The fourth-order valence-electron chi connectivity index (χ4n) is 3.19. The first kappa shape index (κ1) is 16.5. The summed E-state index contributed by atoms with van der Waals surface area (Å²) in [4.78, 5) is 11.3. The van der Waals surface area contributed by atoms with Gasteiger partial charge in [-0.25, -0.2) is 0 Å². The summed E-state index contributed by atoms with van der Waals surface area (Å²) in [7, 11) is 0. The van der Waals surface area contributed by atoms with Crippen LogP contribution in [0.3, 0.4) is 0 Å². The minimum atomic E-state index is -0.302. The SMILES string of the molecule is CCC(NCc1ccc2c(c1)C(Cc1ccccc1)CO2)C(N)=O. The normalized spacial score (nSPS) is 17.1. The third-order valence-corrected chi connectivity index (χ3v) is 4.58. The summed E-state index contributed by atoms with van der Waals surface area (Å²) in [5.41, 5.74) is 9.11. The van der Waals surface area contributed by atoms with Gasteiger partial charge in [0.05, 0.1) is 12.6 Å². The Morgan fingerprint density at radius 2 is 2.04 bits per heavy atom. The first-order valence-electron chi connectivity index (χ1n) is 8.49. The predicted molar refractivity (Wildman–Crippen MR) is 94.9 cm³/mol. The third-order valence-electron chi connectivity index (χ3n) is 4.58. The Kier molecular flexibility index (Phi) is 5.16. The molecule has 4 nitrogen and oxygen atoms in total. The van der Waals surface area contributed by atoms with E-state index in [1.807, 2.05) is 25.1 Å². The molecule has 2 atom stereocenters. The molecule has 1 heterocycles. The molecule has 0 aromatic heterocycles. The molecular formula is C20H24N2O2. The van der Waals surface area contributed by atoms with Gasteiger partial charge in [-0.1, -0.05) is 49.4 Å². The zero-order valence-electron chi connectivity index (χ0n) is 14.0. The minimum Gasteiger partial charge on any atom is -0.493 e. The fraction of sp³-hybridized carbons (Fsp3) is 0.350. The monoisotopic (exact) mass is 324 g/mol. The van der Waals surface area contributed by atoms with Crippen LogP contribution in [0, 0.1) is 0 Å². The van der Waals surface area contributed by atoms with Crippen molar-refractivity contribution in [2.75, 3.05) is 6.61 Å². The molecule has 2 aromatic rings. The zero-order chi connectivity index (χ0) is 16.9. The van der Waals surface area contributed by atoms with Gasteiger partial charge in [0.2, 0.25) is 5.91 Å². The molecule has 24 heavy (non-hydrogen) atoms. The third kappa shape index (κ3) is 3.77. The van der Waals surface area contributed by atoms with E-state index in [1.54, 1.807) is 0 Å². The van der Waals surface area contributed by atoms with Crippen molar-refractivity contribution in [2.45, 2.75) is 38.3 Å². The maximum Gasteiger partial charge on any atom is 0.234 e. The molecule has 4 heteroatoms.